The minimum absolute atomic E-state index is 0.000979. The van der Waals surface area contributed by atoms with Gasteiger partial charge in [-0.1, -0.05) is 67.9 Å². The van der Waals surface area contributed by atoms with Crippen molar-refractivity contribution < 1.29 is 38.9 Å². The maximum absolute atomic E-state index is 14.2. The Hall–Kier alpha value is -3.60. The highest BCUT2D eigenvalue weighted by atomic mass is 16.5. The summed E-state index contributed by atoms with van der Waals surface area (Å²) in [5, 5.41) is 27.7. The second kappa shape index (κ2) is 14.8. The number of hydrogen-bond acceptors (Lipinski definition) is 8. The van der Waals surface area contributed by atoms with Crippen molar-refractivity contribution in [3.63, 3.8) is 0 Å². The SMILES string of the molecule is CC(C)C1=C2[C@H]3CC[C@@H]4[C@@]5(C)CC[C@H](OC(=O)[C@H]6C[C@@H](C(=O)O)C6(C)C)C(C)(C)[C@@H]5CC[C@@]4(C)[C@]3(C)CC[C@@]2([C@@H](O)CNC(=O)C(C)(C)NC(=O)c2ccncc2)CC1=O. The van der Waals surface area contributed by atoms with Crippen molar-refractivity contribution in [1.82, 2.24) is 15.6 Å². The fourth-order valence-corrected chi connectivity index (χ4v) is 14.8. The molecule has 0 saturated heterocycles. The molecule has 1 aromatic rings. The van der Waals surface area contributed by atoms with E-state index < -0.39 is 52.1 Å². The summed E-state index contributed by atoms with van der Waals surface area (Å²) in [6.07, 6.45) is 9.61. The Morgan fingerprint density at radius 2 is 1.53 bits per heavy atom. The molecule has 330 valence electrons. The monoisotopic (exact) mass is 830 g/mol. The van der Waals surface area contributed by atoms with E-state index in [1.54, 1.807) is 26.0 Å². The van der Waals surface area contributed by atoms with Crippen LogP contribution in [0.2, 0.25) is 0 Å². The number of aliphatic carboxylic acids is 1. The zero-order valence-corrected chi connectivity index (χ0v) is 38.0. The number of aromatic nitrogens is 1. The second-order valence-corrected chi connectivity index (χ2v) is 22.7. The molecule has 5 saturated carbocycles. The van der Waals surface area contributed by atoms with Crippen molar-refractivity contribution in [1.29, 1.82) is 0 Å². The first-order valence-corrected chi connectivity index (χ1v) is 22.7. The van der Waals surface area contributed by atoms with E-state index in [4.69, 9.17) is 4.74 Å². The van der Waals surface area contributed by atoms with Crippen LogP contribution in [0.1, 0.15) is 151 Å². The van der Waals surface area contributed by atoms with Crippen molar-refractivity contribution in [3.8, 4) is 0 Å². The number of Topliss-reactive ketones (excluding diaryl/α,β-unsaturated/α-hetero) is 1. The number of carbonyl (C=O) groups is 5. The number of allylic oxidation sites excluding steroid dienone is 1. The van der Waals surface area contributed by atoms with Crippen molar-refractivity contribution >= 4 is 29.5 Å². The van der Waals surface area contributed by atoms with Gasteiger partial charge in [-0.2, -0.15) is 0 Å². The molecule has 7 rings (SSSR count). The van der Waals surface area contributed by atoms with Gasteiger partial charge >= 0.3 is 11.9 Å². The lowest BCUT2D eigenvalue weighted by Gasteiger charge is -2.72. The van der Waals surface area contributed by atoms with Crippen LogP contribution >= 0.6 is 0 Å². The number of pyridine rings is 1. The van der Waals surface area contributed by atoms with Gasteiger partial charge in [-0.05, 0) is 135 Å². The quantitative estimate of drug-likeness (QED) is 0.173. The Kier molecular flexibility index (Phi) is 10.9. The first kappa shape index (κ1) is 44.5. The van der Waals surface area contributed by atoms with E-state index >= 15 is 0 Å². The van der Waals surface area contributed by atoms with Gasteiger partial charge in [0.05, 0.1) is 17.9 Å². The summed E-state index contributed by atoms with van der Waals surface area (Å²) < 4.78 is 6.41. The molecule has 0 spiro atoms. The van der Waals surface area contributed by atoms with Gasteiger partial charge in [0.15, 0.2) is 5.78 Å². The van der Waals surface area contributed by atoms with E-state index in [-0.39, 0.29) is 64.3 Å². The predicted molar refractivity (Wildman–Crippen MR) is 227 cm³/mol. The topological polar surface area (TPSA) is 172 Å². The molecule has 6 aliphatic rings. The van der Waals surface area contributed by atoms with E-state index in [2.05, 4.69) is 64.1 Å². The molecule has 11 atom stereocenters. The third-order valence-corrected chi connectivity index (χ3v) is 18.6. The van der Waals surface area contributed by atoms with Crippen molar-refractivity contribution in [2.75, 3.05) is 6.54 Å². The lowest BCUT2D eigenvalue weighted by Crippen LogP contribution is -2.66. The third-order valence-electron chi connectivity index (χ3n) is 18.6. The normalized spacial score (nSPS) is 38.3. The third kappa shape index (κ3) is 6.51. The summed E-state index contributed by atoms with van der Waals surface area (Å²) in [7, 11) is 0. The fraction of sp³-hybridized carbons (Fsp3) is 0.755. The van der Waals surface area contributed by atoms with Crippen LogP contribution in [-0.4, -0.2) is 69.0 Å². The second-order valence-electron chi connectivity index (χ2n) is 22.7. The van der Waals surface area contributed by atoms with Crippen LogP contribution in [0.15, 0.2) is 35.7 Å². The molecular weight excluding hydrogens is 759 g/mol. The molecule has 0 unspecified atom stereocenters. The van der Waals surface area contributed by atoms with Crippen LogP contribution in [0.5, 0.6) is 0 Å². The molecule has 0 aliphatic heterocycles. The van der Waals surface area contributed by atoms with E-state index in [1.165, 1.54) is 12.4 Å². The zero-order valence-electron chi connectivity index (χ0n) is 38.0. The molecule has 2 amide bonds. The van der Waals surface area contributed by atoms with Gasteiger partial charge < -0.3 is 25.6 Å². The van der Waals surface area contributed by atoms with E-state index in [1.807, 2.05) is 13.8 Å². The molecule has 11 nitrogen and oxygen atoms in total. The van der Waals surface area contributed by atoms with Crippen LogP contribution in [0.4, 0.5) is 0 Å². The standard InChI is InChI=1S/C49H71N3O8/c1-27(2)37-32(53)25-49(35(54)26-51-42(59)45(7,8)52-39(55)28-16-22-50-23-17-28)21-20-47(10)29(38(37)49)12-13-34-46(9)18-15-36(44(5,6)33(46)14-19-48(34,47)11)60-41(58)31-24-30(40(56)57)43(31,3)4/h16-17,22-23,27,29-31,33-36,54H,12-15,18-21,24-26H2,1-11H3,(H,51,59)(H,52,55)(H,56,57)/t29-,30+,31-,33+,34-,35+,36+,46+,47-,48-,49+/m1/s1. The van der Waals surface area contributed by atoms with Crippen molar-refractivity contribution in [3.05, 3.63) is 41.2 Å². The van der Waals surface area contributed by atoms with E-state index in [0.717, 1.165) is 56.1 Å². The Morgan fingerprint density at radius 3 is 2.15 bits per heavy atom. The minimum Gasteiger partial charge on any atom is -0.481 e. The molecule has 4 N–H and O–H groups in total. The minimum atomic E-state index is -1.26. The Balaban J connectivity index is 1.10. The Bertz CT molecular complexity index is 1970. The van der Waals surface area contributed by atoms with E-state index in [0.29, 0.717) is 30.2 Å². The van der Waals surface area contributed by atoms with Crippen molar-refractivity contribution in [2.24, 2.45) is 68.0 Å². The number of ether oxygens (including phenoxy) is 1. The fourth-order valence-electron chi connectivity index (χ4n) is 14.8. The molecule has 60 heavy (non-hydrogen) atoms. The first-order chi connectivity index (χ1) is 27.8. The summed E-state index contributed by atoms with van der Waals surface area (Å²) in [6, 6.07) is 3.17. The number of aliphatic hydroxyl groups is 1. The van der Waals surface area contributed by atoms with Gasteiger partial charge in [0, 0.05) is 41.8 Å². The highest BCUT2D eigenvalue weighted by Crippen LogP contribution is 2.77. The number of esters is 1. The molecule has 6 aliphatic carbocycles. The van der Waals surface area contributed by atoms with Crippen LogP contribution in [0, 0.1) is 68.0 Å². The number of nitrogens with one attached hydrogen (secondary N) is 2. The number of hydrogen-bond donors (Lipinski definition) is 4. The van der Waals surface area contributed by atoms with E-state index in [9.17, 15) is 34.2 Å². The average molecular weight is 830 g/mol. The first-order valence-electron chi connectivity index (χ1n) is 22.7. The molecule has 0 radical (unpaired) electrons. The molecule has 5 fully saturated rings. The van der Waals surface area contributed by atoms with Crippen LogP contribution < -0.4 is 10.6 Å². The number of carboxylic acid groups (broad SMARTS) is 1. The number of ketones is 1. The number of carbonyl (C=O) groups excluding carboxylic acids is 4. The summed E-state index contributed by atoms with van der Waals surface area (Å²) in [4.78, 5) is 70.2. The maximum atomic E-state index is 14.2. The number of rotatable bonds is 10. The van der Waals surface area contributed by atoms with Gasteiger partial charge in [-0.3, -0.25) is 29.0 Å². The molecular formula is C49H71N3O8. The Morgan fingerprint density at radius 1 is 0.867 bits per heavy atom. The van der Waals surface area contributed by atoms with Crippen LogP contribution in [0.3, 0.4) is 0 Å². The zero-order chi connectivity index (χ0) is 44.2. The van der Waals surface area contributed by atoms with Gasteiger partial charge in [-0.15, -0.1) is 0 Å². The highest BCUT2D eigenvalue weighted by Gasteiger charge is 2.71. The highest BCUT2D eigenvalue weighted by molar-refractivity contribution is 6.01. The number of nitrogens with zero attached hydrogens (tertiary/aromatic N) is 1. The lowest BCUT2D eigenvalue weighted by molar-refractivity contribution is -0.238. The molecule has 0 aromatic carbocycles. The summed E-state index contributed by atoms with van der Waals surface area (Å²) in [6.45, 7) is 23.2. The smallest absolute Gasteiger partial charge is 0.309 e. The molecule has 0 bridgehead atoms. The summed E-state index contributed by atoms with van der Waals surface area (Å²) in [5.41, 5.74) is -0.679. The maximum Gasteiger partial charge on any atom is 0.309 e. The van der Waals surface area contributed by atoms with Gasteiger partial charge in [0.1, 0.15) is 11.6 Å². The van der Waals surface area contributed by atoms with Gasteiger partial charge in [0.25, 0.3) is 5.91 Å². The van der Waals surface area contributed by atoms with Gasteiger partial charge in [0.2, 0.25) is 5.91 Å². The van der Waals surface area contributed by atoms with Crippen LogP contribution in [-0.2, 0) is 23.9 Å². The largest absolute Gasteiger partial charge is 0.481 e. The summed E-state index contributed by atoms with van der Waals surface area (Å²) in [5.74, 6) is -1.88. The summed E-state index contributed by atoms with van der Waals surface area (Å²) >= 11 is 0. The Labute approximate surface area is 357 Å². The average Bonchev–Trinajstić information content (AvgIpc) is 3.47. The van der Waals surface area contributed by atoms with Crippen molar-refractivity contribution in [2.45, 2.75) is 158 Å². The lowest BCUT2D eigenvalue weighted by atomic mass is 9.33. The molecule has 11 heteroatoms. The number of amides is 2. The molecule has 1 aromatic heterocycles. The molecule has 1 heterocycles. The number of aliphatic hydroxyl groups excluding tert-OH is 1. The van der Waals surface area contributed by atoms with Crippen LogP contribution in [0.25, 0.3) is 0 Å². The number of fused-ring (bicyclic) bond motifs is 7. The predicted octanol–water partition coefficient (Wildman–Crippen LogP) is 7.71. The number of carboxylic acids is 1. The van der Waals surface area contributed by atoms with Gasteiger partial charge in [-0.25, -0.2) is 0 Å².